The summed E-state index contributed by atoms with van der Waals surface area (Å²) in [7, 11) is 2.10. The van der Waals surface area contributed by atoms with Crippen LogP contribution in [0.1, 0.15) is 43.2 Å². The maximum Gasteiger partial charge on any atom is 0.162 e. The first-order valence-corrected chi connectivity index (χ1v) is 7.32. The lowest BCUT2D eigenvalue weighted by Gasteiger charge is -2.51. The van der Waals surface area contributed by atoms with Gasteiger partial charge in [-0.05, 0) is 56.8 Å². The van der Waals surface area contributed by atoms with Crippen molar-refractivity contribution < 1.29 is 13.9 Å². The molecule has 3 rings (SSSR count). The molecule has 1 N–H and O–H groups in total. The van der Waals surface area contributed by atoms with Gasteiger partial charge in [-0.2, -0.15) is 0 Å². The molecule has 1 aromatic carbocycles. The van der Waals surface area contributed by atoms with Crippen molar-refractivity contribution in [3.8, 4) is 0 Å². The van der Waals surface area contributed by atoms with E-state index in [9.17, 15) is 13.9 Å². The summed E-state index contributed by atoms with van der Waals surface area (Å²) >= 11 is 0. The molecule has 0 amide bonds. The molecule has 20 heavy (non-hydrogen) atoms. The van der Waals surface area contributed by atoms with E-state index in [1.165, 1.54) is 6.42 Å². The van der Waals surface area contributed by atoms with Crippen molar-refractivity contribution in [2.24, 2.45) is 0 Å². The summed E-state index contributed by atoms with van der Waals surface area (Å²) in [6.07, 6.45) is 4.53. The number of hydrogen-bond acceptors (Lipinski definition) is 2. The van der Waals surface area contributed by atoms with E-state index in [-0.39, 0.29) is 5.56 Å². The maximum atomic E-state index is 13.8. The summed E-state index contributed by atoms with van der Waals surface area (Å²) in [6.45, 7) is 1.56. The smallest absolute Gasteiger partial charge is 0.162 e. The van der Waals surface area contributed by atoms with Gasteiger partial charge in [-0.1, -0.05) is 12.5 Å². The normalized spacial score (nSPS) is 34.2. The highest BCUT2D eigenvalue weighted by Crippen LogP contribution is 2.44. The molecule has 0 saturated carbocycles. The van der Waals surface area contributed by atoms with E-state index < -0.39 is 17.2 Å². The monoisotopic (exact) mass is 281 g/mol. The number of nitrogens with zero attached hydrogens (tertiary/aromatic N) is 1. The van der Waals surface area contributed by atoms with Crippen LogP contribution in [0.15, 0.2) is 12.1 Å². The first-order valence-electron chi connectivity index (χ1n) is 7.32. The number of piperidine rings is 2. The quantitative estimate of drug-likeness (QED) is 0.855. The molecule has 2 saturated heterocycles. The highest BCUT2D eigenvalue weighted by molar-refractivity contribution is 5.34. The molecule has 0 aromatic heterocycles. The van der Waals surface area contributed by atoms with Crippen LogP contribution in [-0.2, 0) is 5.60 Å². The van der Waals surface area contributed by atoms with Crippen molar-refractivity contribution >= 4 is 0 Å². The standard InChI is InChI=1S/C16H21F2NO/c1-10-13(6-7-14(17)15(10)18)16(20)8-11-4-3-5-12(9-16)19(11)2/h6-7,11-12,20H,3-5,8-9H2,1-2H3. The molecule has 2 heterocycles. The second kappa shape index (κ2) is 4.78. The molecule has 1 aromatic rings. The van der Waals surface area contributed by atoms with Gasteiger partial charge in [-0.3, -0.25) is 0 Å². The van der Waals surface area contributed by atoms with E-state index >= 15 is 0 Å². The first kappa shape index (κ1) is 14.0. The topological polar surface area (TPSA) is 23.5 Å². The van der Waals surface area contributed by atoms with Gasteiger partial charge in [0.05, 0.1) is 5.60 Å². The largest absolute Gasteiger partial charge is 0.385 e. The van der Waals surface area contributed by atoms with E-state index in [1.807, 2.05) is 0 Å². The van der Waals surface area contributed by atoms with Crippen molar-refractivity contribution in [1.29, 1.82) is 0 Å². The Morgan fingerprint density at radius 3 is 2.40 bits per heavy atom. The van der Waals surface area contributed by atoms with E-state index in [0.29, 0.717) is 30.5 Å². The van der Waals surface area contributed by atoms with Gasteiger partial charge < -0.3 is 10.0 Å². The van der Waals surface area contributed by atoms with Crippen molar-refractivity contribution in [2.75, 3.05) is 7.05 Å². The third kappa shape index (κ3) is 2.06. The molecule has 0 aliphatic carbocycles. The van der Waals surface area contributed by atoms with E-state index in [2.05, 4.69) is 11.9 Å². The number of halogens is 2. The summed E-state index contributed by atoms with van der Waals surface area (Å²) in [6, 6.07) is 3.35. The van der Waals surface area contributed by atoms with Crippen LogP contribution < -0.4 is 0 Å². The Morgan fingerprint density at radius 1 is 1.20 bits per heavy atom. The SMILES string of the molecule is Cc1c(C2(O)CC3CCCC(C2)N3C)ccc(F)c1F. The Kier molecular flexibility index (Phi) is 3.33. The summed E-state index contributed by atoms with van der Waals surface area (Å²) < 4.78 is 27.1. The molecular formula is C16H21F2NO. The van der Waals surface area contributed by atoms with E-state index in [1.54, 1.807) is 13.0 Å². The van der Waals surface area contributed by atoms with Crippen molar-refractivity contribution in [3.63, 3.8) is 0 Å². The minimum atomic E-state index is -1.03. The molecule has 2 bridgehead atoms. The zero-order valence-electron chi connectivity index (χ0n) is 12.0. The summed E-state index contributed by atoms with van der Waals surface area (Å²) in [5.74, 6) is -1.68. The highest BCUT2D eigenvalue weighted by atomic mass is 19.2. The van der Waals surface area contributed by atoms with Gasteiger partial charge in [0.15, 0.2) is 11.6 Å². The van der Waals surface area contributed by atoms with Gasteiger partial charge in [0.2, 0.25) is 0 Å². The fourth-order valence-electron chi connectivity index (χ4n) is 4.03. The third-order valence-corrected chi connectivity index (χ3v) is 5.21. The maximum absolute atomic E-state index is 13.8. The number of hydrogen-bond donors (Lipinski definition) is 1. The van der Waals surface area contributed by atoms with Gasteiger partial charge in [-0.25, -0.2) is 8.78 Å². The molecule has 0 spiro atoms. The van der Waals surface area contributed by atoms with Gasteiger partial charge in [0, 0.05) is 12.1 Å². The summed E-state index contributed by atoms with van der Waals surface area (Å²) in [5, 5.41) is 11.0. The highest BCUT2D eigenvalue weighted by Gasteiger charge is 2.45. The summed E-state index contributed by atoms with van der Waals surface area (Å²) in [4.78, 5) is 2.34. The molecule has 4 heteroatoms. The average molecular weight is 281 g/mol. The fourth-order valence-corrected chi connectivity index (χ4v) is 4.03. The molecule has 0 radical (unpaired) electrons. The van der Waals surface area contributed by atoms with Crippen LogP contribution in [-0.4, -0.2) is 29.1 Å². The molecule has 2 aliphatic heterocycles. The van der Waals surface area contributed by atoms with Gasteiger partial charge >= 0.3 is 0 Å². The third-order valence-electron chi connectivity index (χ3n) is 5.21. The van der Waals surface area contributed by atoms with Crippen molar-refractivity contribution in [3.05, 3.63) is 34.9 Å². The number of benzene rings is 1. The van der Waals surface area contributed by atoms with Gasteiger partial charge in [0.1, 0.15) is 0 Å². The lowest BCUT2D eigenvalue weighted by molar-refractivity contribution is -0.0879. The number of aliphatic hydroxyl groups is 1. The molecule has 2 fully saturated rings. The Bertz CT molecular complexity index is 517. The molecule has 2 aliphatic rings. The van der Waals surface area contributed by atoms with Crippen LogP contribution >= 0.6 is 0 Å². The minimum Gasteiger partial charge on any atom is -0.385 e. The fraction of sp³-hybridized carbons (Fsp3) is 0.625. The molecule has 2 atom stereocenters. The second-order valence-electron chi connectivity index (χ2n) is 6.38. The predicted molar refractivity (Wildman–Crippen MR) is 73.4 cm³/mol. The van der Waals surface area contributed by atoms with Crippen LogP contribution in [0.4, 0.5) is 8.78 Å². The van der Waals surface area contributed by atoms with Gasteiger partial charge in [-0.15, -0.1) is 0 Å². The zero-order chi connectivity index (χ0) is 14.5. The zero-order valence-corrected chi connectivity index (χ0v) is 12.0. The summed E-state index contributed by atoms with van der Waals surface area (Å²) in [5.41, 5.74) is -0.225. The van der Waals surface area contributed by atoms with Crippen molar-refractivity contribution in [1.82, 2.24) is 4.90 Å². The lowest BCUT2D eigenvalue weighted by atomic mass is 9.72. The van der Waals surface area contributed by atoms with Crippen LogP contribution in [0.2, 0.25) is 0 Å². The van der Waals surface area contributed by atoms with Gasteiger partial charge in [0.25, 0.3) is 0 Å². The van der Waals surface area contributed by atoms with Crippen LogP contribution in [0.3, 0.4) is 0 Å². The Balaban J connectivity index is 1.99. The van der Waals surface area contributed by atoms with E-state index in [4.69, 9.17) is 0 Å². The Morgan fingerprint density at radius 2 is 1.80 bits per heavy atom. The van der Waals surface area contributed by atoms with Crippen LogP contribution in [0, 0.1) is 18.6 Å². The lowest BCUT2D eigenvalue weighted by Crippen LogP contribution is -2.55. The second-order valence-corrected chi connectivity index (χ2v) is 6.38. The Labute approximate surface area is 118 Å². The molecular weight excluding hydrogens is 260 g/mol. The molecule has 2 nitrogen and oxygen atoms in total. The predicted octanol–water partition coefficient (Wildman–Crippen LogP) is 3.11. The Hall–Kier alpha value is -1.00. The van der Waals surface area contributed by atoms with Crippen LogP contribution in [0.25, 0.3) is 0 Å². The van der Waals surface area contributed by atoms with Crippen molar-refractivity contribution in [2.45, 2.75) is 56.7 Å². The van der Waals surface area contributed by atoms with Crippen LogP contribution in [0.5, 0.6) is 0 Å². The van der Waals surface area contributed by atoms with E-state index in [0.717, 1.165) is 18.9 Å². The minimum absolute atomic E-state index is 0.245. The number of fused-ring (bicyclic) bond motifs is 2. The first-order chi connectivity index (χ1) is 9.42. The number of rotatable bonds is 1. The average Bonchev–Trinajstić information content (AvgIpc) is 2.38. The molecule has 2 unspecified atom stereocenters. The molecule has 110 valence electrons.